The van der Waals surface area contributed by atoms with Crippen molar-refractivity contribution in [3.8, 4) is 0 Å². The van der Waals surface area contributed by atoms with Gasteiger partial charge in [-0.25, -0.2) is 0 Å². The van der Waals surface area contributed by atoms with Crippen LogP contribution in [0.15, 0.2) is 0 Å². The molecule has 0 rings (SSSR count). The van der Waals surface area contributed by atoms with Crippen molar-refractivity contribution in [1.82, 2.24) is 0 Å². The number of hydrogen-bond acceptors (Lipinski definition) is 4. The number of carbonyl (C=O) groups excluding carboxylic acids is 1. The fourth-order valence-corrected chi connectivity index (χ4v) is 0.483. The van der Waals surface area contributed by atoms with Crippen LogP contribution in [0.4, 0.5) is 0 Å². The molecule has 0 aromatic carbocycles. The van der Waals surface area contributed by atoms with Crippen LogP contribution in [0.2, 0.25) is 0 Å². The molecular formula is C5H10BrNO3. The van der Waals surface area contributed by atoms with Gasteiger partial charge in [-0.3, -0.25) is 4.79 Å². The van der Waals surface area contributed by atoms with E-state index in [-0.39, 0.29) is 13.2 Å². The van der Waals surface area contributed by atoms with Crippen LogP contribution < -0.4 is 5.73 Å². The molecule has 0 aliphatic rings. The van der Waals surface area contributed by atoms with Gasteiger partial charge in [-0.2, -0.15) is 0 Å². The van der Waals surface area contributed by atoms with Crippen LogP contribution >= 0.6 is 15.9 Å². The van der Waals surface area contributed by atoms with Crippen molar-refractivity contribution in [2.24, 2.45) is 5.73 Å². The second-order valence-electron chi connectivity index (χ2n) is 1.65. The molecule has 5 heteroatoms. The summed E-state index contributed by atoms with van der Waals surface area (Å²) in [6, 6.07) is -0.904. The fraction of sp³-hybridized carbons (Fsp3) is 0.800. The zero-order valence-corrected chi connectivity index (χ0v) is 7.00. The number of carbonyl (C=O) groups is 1. The standard InChI is InChI=1S/C5H10BrNO3/c6-1-2-10-5(9)4(7)3-8/h4,8H,1-3,7H2. The van der Waals surface area contributed by atoms with Gasteiger partial charge >= 0.3 is 5.97 Å². The van der Waals surface area contributed by atoms with Crippen LogP contribution in [-0.4, -0.2) is 35.7 Å². The van der Waals surface area contributed by atoms with Crippen molar-refractivity contribution >= 4 is 21.9 Å². The van der Waals surface area contributed by atoms with Gasteiger partial charge in [0, 0.05) is 5.33 Å². The van der Waals surface area contributed by atoms with Gasteiger partial charge in [-0.1, -0.05) is 15.9 Å². The number of alkyl halides is 1. The van der Waals surface area contributed by atoms with E-state index in [4.69, 9.17) is 10.8 Å². The molecule has 0 heterocycles. The van der Waals surface area contributed by atoms with E-state index in [1.54, 1.807) is 0 Å². The van der Waals surface area contributed by atoms with Crippen LogP contribution in [0.3, 0.4) is 0 Å². The Morgan fingerprint density at radius 2 is 2.40 bits per heavy atom. The van der Waals surface area contributed by atoms with E-state index in [0.717, 1.165) is 0 Å². The summed E-state index contributed by atoms with van der Waals surface area (Å²) >= 11 is 3.07. The number of rotatable bonds is 4. The molecule has 0 saturated heterocycles. The number of hydrogen-bond donors (Lipinski definition) is 2. The molecule has 0 bridgehead atoms. The highest BCUT2D eigenvalue weighted by molar-refractivity contribution is 9.09. The van der Waals surface area contributed by atoms with Crippen molar-refractivity contribution in [2.75, 3.05) is 18.5 Å². The Morgan fingerprint density at radius 3 is 2.80 bits per heavy atom. The quantitative estimate of drug-likeness (QED) is 0.474. The van der Waals surface area contributed by atoms with E-state index >= 15 is 0 Å². The van der Waals surface area contributed by atoms with Crippen LogP contribution in [0, 0.1) is 0 Å². The van der Waals surface area contributed by atoms with E-state index in [2.05, 4.69) is 20.7 Å². The van der Waals surface area contributed by atoms with Crippen LogP contribution in [-0.2, 0) is 9.53 Å². The number of aliphatic hydroxyl groups excluding tert-OH is 1. The van der Waals surface area contributed by atoms with Gasteiger partial charge in [0.1, 0.15) is 12.6 Å². The van der Waals surface area contributed by atoms with Crippen LogP contribution in [0.5, 0.6) is 0 Å². The first-order valence-corrected chi connectivity index (χ1v) is 3.93. The van der Waals surface area contributed by atoms with E-state index in [1.807, 2.05) is 0 Å². The molecule has 0 spiro atoms. The Kier molecular flexibility index (Phi) is 5.57. The minimum atomic E-state index is -0.904. The summed E-state index contributed by atoms with van der Waals surface area (Å²) in [5.41, 5.74) is 5.12. The van der Waals surface area contributed by atoms with E-state index in [1.165, 1.54) is 0 Å². The maximum Gasteiger partial charge on any atom is 0.325 e. The second kappa shape index (κ2) is 5.64. The van der Waals surface area contributed by atoms with E-state index in [9.17, 15) is 4.79 Å². The lowest BCUT2D eigenvalue weighted by Crippen LogP contribution is -2.35. The molecule has 0 aliphatic heterocycles. The highest BCUT2D eigenvalue weighted by Gasteiger charge is 2.12. The average Bonchev–Trinajstić information content (AvgIpc) is 1.98. The minimum Gasteiger partial charge on any atom is -0.464 e. The van der Waals surface area contributed by atoms with Crippen LogP contribution in [0.25, 0.3) is 0 Å². The summed E-state index contributed by atoms with van der Waals surface area (Å²) in [6.45, 7) is -0.0896. The Balaban J connectivity index is 3.42. The highest BCUT2D eigenvalue weighted by Crippen LogP contribution is 1.86. The average molecular weight is 212 g/mol. The summed E-state index contributed by atoms with van der Waals surface area (Å²) in [6.07, 6.45) is 0. The maximum atomic E-state index is 10.6. The largest absolute Gasteiger partial charge is 0.464 e. The molecule has 3 N–H and O–H groups in total. The molecule has 0 aliphatic carbocycles. The Bertz CT molecular complexity index is 109. The van der Waals surface area contributed by atoms with Crippen molar-refractivity contribution in [3.05, 3.63) is 0 Å². The zero-order chi connectivity index (χ0) is 7.98. The van der Waals surface area contributed by atoms with Crippen molar-refractivity contribution in [2.45, 2.75) is 6.04 Å². The van der Waals surface area contributed by atoms with Gasteiger partial charge in [0.05, 0.1) is 6.61 Å². The summed E-state index contributed by atoms with van der Waals surface area (Å²) in [5.74, 6) is -0.568. The van der Waals surface area contributed by atoms with Crippen molar-refractivity contribution in [3.63, 3.8) is 0 Å². The third-order valence-corrected chi connectivity index (χ3v) is 1.14. The molecule has 0 fully saturated rings. The van der Waals surface area contributed by atoms with E-state index < -0.39 is 12.0 Å². The summed E-state index contributed by atoms with van der Waals surface area (Å²) in [7, 11) is 0. The SMILES string of the molecule is NC(CO)C(=O)OCCBr. The summed E-state index contributed by atoms with van der Waals surface area (Å²) in [4.78, 5) is 10.6. The van der Waals surface area contributed by atoms with Crippen molar-refractivity contribution < 1.29 is 14.6 Å². The third-order valence-electron chi connectivity index (χ3n) is 0.821. The molecule has 0 aromatic rings. The molecule has 0 saturated carbocycles. The molecule has 10 heavy (non-hydrogen) atoms. The topological polar surface area (TPSA) is 72.5 Å². The fourth-order valence-electron chi connectivity index (χ4n) is 0.321. The molecule has 0 aromatic heterocycles. The molecule has 60 valence electrons. The van der Waals surface area contributed by atoms with Gasteiger partial charge in [-0.05, 0) is 0 Å². The Morgan fingerprint density at radius 1 is 1.80 bits per heavy atom. The van der Waals surface area contributed by atoms with Gasteiger partial charge in [0.15, 0.2) is 0 Å². The Labute approximate surface area is 67.5 Å². The van der Waals surface area contributed by atoms with Crippen molar-refractivity contribution in [1.29, 1.82) is 0 Å². The second-order valence-corrected chi connectivity index (χ2v) is 2.44. The number of halogens is 1. The number of esters is 1. The van der Waals surface area contributed by atoms with Gasteiger partial charge in [0.25, 0.3) is 0 Å². The lowest BCUT2D eigenvalue weighted by atomic mass is 10.3. The molecule has 0 radical (unpaired) electrons. The van der Waals surface area contributed by atoms with Gasteiger partial charge in [-0.15, -0.1) is 0 Å². The third kappa shape index (κ3) is 3.81. The first kappa shape index (κ1) is 9.87. The normalized spacial score (nSPS) is 12.7. The highest BCUT2D eigenvalue weighted by atomic mass is 79.9. The Hall–Kier alpha value is -0.130. The lowest BCUT2D eigenvalue weighted by molar-refractivity contribution is -0.145. The lowest BCUT2D eigenvalue weighted by Gasteiger charge is -2.06. The zero-order valence-electron chi connectivity index (χ0n) is 5.42. The number of nitrogens with two attached hydrogens (primary N) is 1. The minimum absolute atomic E-state index is 0.284. The predicted molar refractivity (Wildman–Crippen MR) is 39.8 cm³/mol. The number of ether oxygens (including phenoxy) is 1. The molecule has 0 amide bonds. The summed E-state index contributed by atoms with van der Waals surface area (Å²) in [5, 5.41) is 8.95. The van der Waals surface area contributed by atoms with Gasteiger partial charge < -0.3 is 15.6 Å². The first-order chi connectivity index (χ1) is 4.72. The molecule has 4 nitrogen and oxygen atoms in total. The predicted octanol–water partition coefficient (Wildman–Crippen LogP) is -0.756. The van der Waals surface area contributed by atoms with Crippen LogP contribution in [0.1, 0.15) is 0 Å². The maximum absolute atomic E-state index is 10.6. The first-order valence-electron chi connectivity index (χ1n) is 2.81. The molecular weight excluding hydrogens is 202 g/mol. The smallest absolute Gasteiger partial charge is 0.325 e. The molecule has 1 unspecified atom stereocenters. The summed E-state index contributed by atoms with van der Waals surface area (Å²) < 4.78 is 4.57. The molecule has 1 atom stereocenters. The van der Waals surface area contributed by atoms with E-state index in [0.29, 0.717) is 5.33 Å². The monoisotopic (exact) mass is 211 g/mol. The van der Waals surface area contributed by atoms with Gasteiger partial charge in [0.2, 0.25) is 0 Å². The number of aliphatic hydroxyl groups is 1.